The van der Waals surface area contributed by atoms with Gasteiger partial charge in [-0.15, -0.1) is 0 Å². The van der Waals surface area contributed by atoms with E-state index in [1.807, 2.05) is 11.8 Å². The van der Waals surface area contributed by atoms with Crippen molar-refractivity contribution in [1.29, 1.82) is 0 Å². The fourth-order valence-corrected chi connectivity index (χ4v) is 3.27. The average Bonchev–Trinajstić information content (AvgIpc) is 2.37. The molecule has 2 rings (SSSR count). The summed E-state index contributed by atoms with van der Waals surface area (Å²) in [5.41, 5.74) is 6.36. The van der Waals surface area contributed by atoms with Gasteiger partial charge in [0.05, 0.1) is 10.6 Å². The number of nitrogens with zero attached hydrogens (tertiary/aromatic N) is 1. The summed E-state index contributed by atoms with van der Waals surface area (Å²) >= 11 is 0. The van der Waals surface area contributed by atoms with Crippen LogP contribution in [-0.2, 0) is 9.84 Å². The van der Waals surface area contributed by atoms with E-state index in [4.69, 9.17) is 5.73 Å². The van der Waals surface area contributed by atoms with Crippen LogP contribution in [-0.4, -0.2) is 33.8 Å². The minimum absolute atomic E-state index is 0.0178. The lowest BCUT2D eigenvalue weighted by Crippen LogP contribution is -2.40. The van der Waals surface area contributed by atoms with Crippen LogP contribution in [0.2, 0.25) is 0 Å². The molecular weight excluding hydrogens is 279 g/mol. The van der Waals surface area contributed by atoms with Crippen molar-refractivity contribution in [1.82, 2.24) is 0 Å². The molecule has 112 valence electrons. The van der Waals surface area contributed by atoms with Crippen molar-refractivity contribution in [2.24, 2.45) is 11.7 Å². The fraction of sp³-hybridized carbons (Fsp3) is 0.571. The summed E-state index contributed by atoms with van der Waals surface area (Å²) in [4.78, 5) is 1.98. The van der Waals surface area contributed by atoms with E-state index >= 15 is 0 Å². The van der Waals surface area contributed by atoms with E-state index in [2.05, 4.69) is 0 Å². The zero-order valence-corrected chi connectivity index (χ0v) is 12.7. The lowest BCUT2D eigenvalue weighted by Gasteiger charge is -2.35. The molecule has 1 heterocycles. The van der Waals surface area contributed by atoms with Crippen LogP contribution in [0.4, 0.5) is 10.1 Å². The van der Waals surface area contributed by atoms with Gasteiger partial charge in [0.15, 0.2) is 9.84 Å². The van der Waals surface area contributed by atoms with Crippen LogP contribution >= 0.6 is 0 Å². The van der Waals surface area contributed by atoms with E-state index in [1.165, 1.54) is 6.07 Å². The molecule has 4 nitrogen and oxygen atoms in total. The van der Waals surface area contributed by atoms with Gasteiger partial charge >= 0.3 is 0 Å². The Kier molecular flexibility index (Phi) is 4.34. The standard InChI is InChI=1S/C14H21FN2O2S/c1-10(16)11-5-7-17(8-6-11)14-4-3-12(9-13(14)15)20(2,18)19/h3-4,9-11H,5-8,16H2,1-2H3. The Morgan fingerprint density at radius 3 is 2.40 bits per heavy atom. The Hall–Kier alpha value is -1.14. The van der Waals surface area contributed by atoms with Gasteiger partial charge in [-0.3, -0.25) is 0 Å². The van der Waals surface area contributed by atoms with Crippen molar-refractivity contribution in [3.05, 3.63) is 24.0 Å². The second-order valence-corrected chi connectivity index (χ2v) is 7.58. The Labute approximate surface area is 119 Å². The lowest BCUT2D eigenvalue weighted by molar-refractivity contribution is 0.353. The van der Waals surface area contributed by atoms with Crippen LogP contribution in [0, 0.1) is 11.7 Å². The van der Waals surface area contributed by atoms with Gasteiger partial charge in [-0.25, -0.2) is 12.8 Å². The summed E-state index contributed by atoms with van der Waals surface area (Å²) in [7, 11) is -3.37. The van der Waals surface area contributed by atoms with Crippen molar-refractivity contribution in [2.75, 3.05) is 24.2 Å². The van der Waals surface area contributed by atoms with Gasteiger partial charge in [0.1, 0.15) is 5.82 Å². The Bertz CT molecular complexity index is 579. The minimum atomic E-state index is -3.37. The van der Waals surface area contributed by atoms with E-state index in [9.17, 15) is 12.8 Å². The Morgan fingerprint density at radius 2 is 1.95 bits per heavy atom. The molecule has 1 aliphatic rings. The first-order valence-corrected chi connectivity index (χ1v) is 8.68. The number of sulfone groups is 1. The van der Waals surface area contributed by atoms with Gasteiger partial charge in [-0.2, -0.15) is 0 Å². The fourth-order valence-electron chi connectivity index (χ4n) is 2.64. The summed E-state index contributed by atoms with van der Waals surface area (Å²) in [6.07, 6.45) is 2.95. The predicted molar refractivity (Wildman–Crippen MR) is 78.1 cm³/mol. The molecule has 1 aromatic rings. The summed E-state index contributed by atoms with van der Waals surface area (Å²) < 4.78 is 36.9. The summed E-state index contributed by atoms with van der Waals surface area (Å²) in [6.45, 7) is 3.50. The molecule has 1 unspecified atom stereocenters. The normalized spacial score (nSPS) is 19.1. The predicted octanol–water partition coefficient (Wildman–Crippen LogP) is 1.79. The molecule has 0 spiro atoms. The zero-order chi connectivity index (χ0) is 14.9. The molecule has 1 atom stereocenters. The van der Waals surface area contributed by atoms with Crippen LogP contribution in [0.1, 0.15) is 19.8 Å². The average molecular weight is 300 g/mol. The maximum absolute atomic E-state index is 14.1. The van der Waals surface area contributed by atoms with Crippen LogP contribution in [0.5, 0.6) is 0 Å². The van der Waals surface area contributed by atoms with E-state index < -0.39 is 15.7 Å². The number of hydrogen-bond donors (Lipinski definition) is 1. The molecule has 1 aromatic carbocycles. The Morgan fingerprint density at radius 1 is 1.35 bits per heavy atom. The number of nitrogens with two attached hydrogens (primary N) is 1. The highest BCUT2D eigenvalue weighted by Crippen LogP contribution is 2.28. The number of anilines is 1. The molecule has 20 heavy (non-hydrogen) atoms. The third kappa shape index (κ3) is 3.30. The first-order valence-electron chi connectivity index (χ1n) is 6.79. The monoisotopic (exact) mass is 300 g/mol. The van der Waals surface area contributed by atoms with Gasteiger partial charge in [0.25, 0.3) is 0 Å². The van der Waals surface area contributed by atoms with Crippen molar-refractivity contribution < 1.29 is 12.8 Å². The van der Waals surface area contributed by atoms with E-state index in [-0.39, 0.29) is 10.9 Å². The van der Waals surface area contributed by atoms with Gasteiger partial charge in [-0.05, 0) is 43.9 Å². The minimum Gasteiger partial charge on any atom is -0.369 e. The molecule has 0 aromatic heterocycles. The number of hydrogen-bond acceptors (Lipinski definition) is 4. The third-order valence-electron chi connectivity index (χ3n) is 3.97. The van der Waals surface area contributed by atoms with Gasteiger partial charge in [0.2, 0.25) is 0 Å². The summed E-state index contributed by atoms with van der Waals surface area (Å²) in [5, 5.41) is 0. The van der Waals surface area contributed by atoms with Crippen LogP contribution in [0.15, 0.2) is 23.1 Å². The van der Waals surface area contributed by atoms with Crippen LogP contribution in [0.25, 0.3) is 0 Å². The van der Waals surface area contributed by atoms with E-state index in [1.54, 1.807) is 6.07 Å². The molecule has 1 aliphatic heterocycles. The molecule has 1 fully saturated rings. The molecule has 0 bridgehead atoms. The SMILES string of the molecule is CC(N)C1CCN(c2ccc(S(C)(=O)=O)cc2F)CC1. The second-order valence-electron chi connectivity index (χ2n) is 5.57. The number of benzene rings is 1. The maximum atomic E-state index is 14.1. The molecule has 0 saturated carbocycles. The molecule has 2 N–H and O–H groups in total. The van der Waals surface area contributed by atoms with Gasteiger partial charge in [-0.1, -0.05) is 0 Å². The molecule has 0 amide bonds. The molecular formula is C14H21FN2O2S. The van der Waals surface area contributed by atoms with Crippen molar-refractivity contribution in [3.8, 4) is 0 Å². The van der Waals surface area contributed by atoms with Crippen LogP contribution < -0.4 is 10.6 Å². The number of rotatable bonds is 3. The molecule has 0 aliphatic carbocycles. The third-order valence-corrected chi connectivity index (χ3v) is 5.08. The quantitative estimate of drug-likeness (QED) is 0.924. The molecule has 1 saturated heterocycles. The summed E-state index contributed by atoms with van der Waals surface area (Å²) in [6, 6.07) is 4.28. The zero-order valence-electron chi connectivity index (χ0n) is 11.8. The highest BCUT2D eigenvalue weighted by Gasteiger charge is 2.24. The largest absolute Gasteiger partial charge is 0.369 e. The molecule has 6 heteroatoms. The topological polar surface area (TPSA) is 63.4 Å². The highest BCUT2D eigenvalue weighted by molar-refractivity contribution is 7.90. The van der Waals surface area contributed by atoms with Crippen molar-refractivity contribution >= 4 is 15.5 Å². The van der Waals surface area contributed by atoms with E-state index in [0.717, 1.165) is 38.3 Å². The number of piperidine rings is 1. The van der Waals surface area contributed by atoms with Gasteiger partial charge < -0.3 is 10.6 Å². The van der Waals surface area contributed by atoms with E-state index in [0.29, 0.717) is 11.6 Å². The second kappa shape index (κ2) is 5.69. The van der Waals surface area contributed by atoms with Gasteiger partial charge in [0, 0.05) is 25.4 Å². The van der Waals surface area contributed by atoms with Crippen molar-refractivity contribution in [3.63, 3.8) is 0 Å². The summed E-state index contributed by atoms with van der Waals surface area (Å²) in [5.74, 6) is -0.00299. The smallest absolute Gasteiger partial charge is 0.175 e. The maximum Gasteiger partial charge on any atom is 0.175 e. The number of halogens is 1. The first-order chi connectivity index (χ1) is 9.29. The Balaban J connectivity index is 2.15. The highest BCUT2D eigenvalue weighted by atomic mass is 32.2. The molecule has 0 radical (unpaired) electrons. The first kappa shape index (κ1) is 15.3. The lowest BCUT2D eigenvalue weighted by atomic mass is 9.91. The van der Waals surface area contributed by atoms with Crippen LogP contribution in [0.3, 0.4) is 0 Å². The van der Waals surface area contributed by atoms with Crippen molar-refractivity contribution in [2.45, 2.75) is 30.7 Å².